The molecule has 1 unspecified atom stereocenters. The SMILES string of the molecule is NC(=O)C(=O)C(CC1CCC1)NC(=O)CN(C(=O)[C@@H](Nc1nc2ccccc2o1)C1CCCCC1)C1CCCC1. The van der Waals surface area contributed by atoms with Crippen LogP contribution in [-0.4, -0.2) is 58.1 Å². The highest BCUT2D eigenvalue weighted by Crippen LogP contribution is 2.33. The molecule has 3 aliphatic rings. The molecule has 2 aromatic rings. The number of nitrogens with one attached hydrogen (secondary N) is 2. The van der Waals surface area contributed by atoms with Crippen molar-refractivity contribution in [3.63, 3.8) is 0 Å². The summed E-state index contributed by atoms with van der Waals surface area (Å²) < 4.78 is 5.93. The Balaban J connectivity index is 1.35. The van der Waals surface area contributed by atoms with Crippen LogP contribution in [0.3, 0.4) is 0 Å². The Morgan fingerprint density at radius 1 is 0.950 bits per heavy atom. The summed E-state index contributed by atoms with van der Waals surface area (Å²) in [6.07, 6.45) is 12.1. The second kappa shape index (κ2) is 12.8. The number of hydrogen-bond donors (Lipinski definition) is 3. The molecule has 1 heterocycles. The lowest BCUT2D eigenvalue weighted by Gasteiger charge is -2.36. The molecule has 0 spiro atoms. The fourth-order valence-corrected chi connectivity index (χ4v) is 6.56. The number of nitrogens with two attached hydrogens (primary N) is 1. The zero-order chi connectivity index (χ0) is 28.1. The number of fused-ring (bicyclic) bond motifs is 1. The van der Waals surface area contributed by atoms with Crippen molar-refractivity contribution in [1.29, 1.82) is 0 Å². The molecule has 1 aromatic carbocycles. The highest BCUT2D eigenvalue weighted by atomic mass is 16.4. The maximum Gasteiger partial charge on any atom is 0.296 e. The number of carbonyl (C=O) groups is 4. The molecule has 3 saturated carbocycles. The monoisotopic (exact) mass is 551 g/mol. The molecule has 216 valence electrons. The number of carbonyl (C=O) groups excluding carboxylic acids is 4. The summed E-state index contributed by atoms with van der Waals surface area (Å²) in [7, 11) is 0. The first kappa shape index (κ1) is 28.1. The lowest BCUT2D eigenvalue weighted by molar-refractivity contribution is -0.142. The highest BCUT2D eigenvalue weighted by Gasteiger charge is 2.39. The molecule has 10 heteroatoms. The van der Waals surface area contributed by atoms with Gasteiger partial charge in [-0.3, -0.25) is 19.2 Å². The Hall–Kier alpha value is -3.43. The van der Waals surface area contributed by atoms with E-state index < -0.39 is 29.7 Å². The summed E-state index contributed by atoms with van der Waals surface area (Å²) in [6.45, 7) is -0.171. The maximum absolute atomic E-state index is 14.3. The van der Waals surface area contributed by atoms with Gasteiger partial charge in [0, 0.05) is 6.04 Å². The van der Waals surface area contributed by atoms with E-state index in [0.29, 0.717) is 23.5 Å². The van der Waals surface area contributed by atoms with Crippen molar-refractivity contribution >= 4 is 40.6 Å². The van der Waals surface area contributed by atoms with Crippen LogP contribution >= 0.6 is 0 Å². The number of Topliss-reactive ketones (excluding diaryl/α,β-unsaturated/α-hetero) is 1. The van der Waals surface area contributed by atoms with Gasteiger partial charge in [0.2, 0.25) is 17.6 Å². The second-order valence-electron chi connectivity index (χ2n) is 11.8. The molecule has 10 nitrogen and oxygen atoms in total. The van der Waals surface area contributed by atoms with Crippen molar-refractivity contribution in [3.05, 3.63) is 24.3 Å². The van der Waals surface area contributed by atoms with Crippen molar-refractivity contribution in [2.45, 2.75) is 102 Å². The van der Waals surface area contributed by atoms with Gasteiger partial charge in [-0.2, -0.15) is 4.98 Å². The smallest absolute Gasteiger partial charge is 0.296 e. The van der Waals surface area contributed by atoms with Crippen LogP contribution in [0.5, 0.6) is 0 Å². The molecular formula is C30H41N5O5. The Morgan fingerprint density at radius 3 is 2.30 bits per heavy atom. The summed E-state index contributed by atoms with van der Waals surface area (Å²) in [5.41, 5.74) is 6.65. The Kier molecular flexibility index (Phi) is 9.01. The minimum Gasteiger partial charge on any atom is -0.424 e. The van der Waals surface area contributed by atoms with Crippen LogP contribution in [0, 0.1) is 11.8 Å². The van der Waals surface area contributed by atoms with Gasteiger partial charge < -0.3 is 25.7 Å². The Morgan fingerprint density at radius 2 is 1.65 bits per heavy atom. The summed E-state index contributed by atoms with van der Waals surface area (Å²) >= 11 is 0. The quantitative estimate of drug-likeness (QED) is 0.341. The minimum absolute atomic E-state index is 0.0632. The third-order valence-corrected chi connectivity index (χ3v) is 9.01. The predicted octanol–water partition coefficient (Wildman–Crippen LogP) is 3.69. The van der Waals surface area contributed by atoms with Crippen LogP contribution in [0.25, 0.3) is 11.1 Å². The van der Waals surface area contributed by atoms with Crippen molar-refractivity contribution in [2.75, 3.05) is 11.9 Å². The predicted molar refractivity (Wildman–Crippen MR) is 150 cm³/mol. The number of amides is 3. The van der Waals surface area contributed by atoms with Crippen LogP contribution in [0.2, 0.25) is 0 Å². The average molecular weight is 552 g/mol. The van der Waals surface area contributed by atoms with E-state index in [2.05, 4.69) is 15.6 Å². The largest absolute Gasteiger partial charge is 0.424 e. The van der Waals surface area contributed by atoms with Gasteiger partial charge in [0.05, 0.1) is 12.6 Å². The first-order valence-corrected chi connectivity index (χ1v) is 14.9. The summed E-state index contributed by atoms with van der Waals surface area (Å²) in [6, 6.07) is 6.17. The molecule has 5 rings (SSSR count). The minimum atomic E-state index is -1.05. The molecule has 2 atom stereocenters. The van der Waals surface area contributed by atoms with Crippen LogP contribution in [0.4, 0.5) is 6.01 Å². The van der Waals surface area contributed by atoms with E-state index in [0.717, 1.165) is 77.0 Å². The van der Waals surface area contributed by atoms with Gasteiger partial charge in [-0.15, -0.1) is 0 Å². The summed E-state index contributed by atoms with van der Waals surface area (Å²) in [5.74, 6) is -2.04. The van der Waals surface area contributed by atoms with Gasteiger partial charge in [-0.05, 0) is 56.1 Å². The maximum atomic E-state index is 14.3. The van der Waals surface area contributed by atoms with Crippen molar-refractivity contribution in [1.82, 2.24) is 15.2 Å². The Labute approximate surface area is 234 Å². The third-order valence-electron chi connectivity index (χ3n) is 9.01. The number of nitrogens with zero attached hydrogens (tertiary/aromatic N) is 2. The molecule has 0 saturated heterocycles. The van der Waals surface area contributed by atoms with E-state index in [1.165, 1.54) is 0 Å². The zero-order valence-corrected chi connectivity index (χ0v) is 23.1. The normalized spacial score (nSPS) is 20.0. The molecule has 4 N–H and O–H groups in total. The van der Waals surface area contributed by atoms with E-state index >= 15 is 0 Å². The Bertz CT molecular complexity index is 1180. The standard InChI is InChI=1S/C30H41N5O5/c31-28(38)27(37)23(17-19-9-8-10-19)32-25(36)18-35(21-13-4-5-14-21)29(39)26(20-11-2-1-3-12-20)34-30-33-22-15-6-7-16-24(22)40-30/h6-7,15-16,19-21,23,26H,1-5,8-14,17-18H2,(H2,31,38)(H,32,36)(H,33,34)/t23?,26-/m0/s1. The number of aromatic nitrogens is 1. The molecule has 1 aromatic heterocycles. The summed E-state index contributed by atoms with van der Waals surface area (Å²) in [4.78, 5) is 58.1. The number of oxazole rings is 1. The topological polar surface area (TPSA) is 148 Å². The summed E-state index contributed by atoms with van der Waals surface area (Å²) in [5, 5.41) is 6.07. The van der Waals surface area contributed by atoms with Gasteiger partial charge in [0.25, 0.3) is 11.9 Å². The number of hydrogen-bond acceptors (Lipinski definition) is 7. The molecule has 0 aliphatic heterocycles. The number of rotatable bonds is 12. The molecule has 40 heavy (non-hydrogen) atoms. The van der Waals surface area contributed by atoms with Gasteiger partial charge in [0.1, 0.15) is 11.6 Å². The third kappa shape index (κ3) is 6.64. The van der Waals surface area contributed by atoms with Crippen LogP contribution in [-0.2, 0) is 19.2 Å². The molecular weight excluding hydrogens is 510 g/mol. The van der Waals surface area contributed by atoms with Crippen molar-refractivity contribution < 1.29 is 23.6 Å². The van der Waals surface area contributed by atoms with E-state index in [1.54, 1.807) is 4.90 Å². The molecule has 0 bridgehead atoms. The van der Waals surface area contributed by atoms with Gasteiger partial charge in [-0.1, -0.05) is 63.5 Å². The van der Waals surface area contributed by atoms with E-state index in [-0.39, 0.29) is 30.3 Å². The van der Waals surface area contributed by atoms with E-state index in [4.69, 9.17) is 10.2 Å². The number of para-hydroxylation sites is 2. The number of benzene rings is 1. The fourth-order valence-electron chi connectivity index (χ4n) is 6.56. The van der Waals surface area contributed by atoms with Gasteiger partial charge >= 0.3 is 0 Å². The van der Waals surface area contributed by atoms with Gasteiger partial charge in [0.15, 0.2) is 5.58 Å². The first-order chi connectivity index (χ1) is 19.4. The van der Waals surface area contributed by atoms with Crippen LogP contribution in [0.1, 0.15) is 83.5 Å². The van der Waals surface area contributed by atoms with Crippen LogP contribution < -0.4 is 16.4 Å². The van der Waals surface area contributed by atoms with Gasteiger partial charge in [-0.25, -0.2) is 0 Å². The molecule has 3 fully saturated rings. The molecule has 3 aliphatic carbocycles. The van der Waals surface area contributed by atoms with Crippen molar-refractivity contribution in [2.24, 2.45) is 17.6 Å². The molecule has 0 radical (unpaired) electrons. The lowest BCUT2D eigenvalue weighted by atomic mass is 9.80. The first-order valence-electron chi connectivity index (χ1n) is 14.9. The number of primary amides is 1. The number of ketones is 1. The second-order valence-corrected chi connectivity index (χ2v) is 11.8. The van der Waals surface area contributed by atoms with E-state index in [9.17, 15) is 19.2 Å². The fraction of sp³-hybridized carbons (Fsp3) is 0.633. The highest BCUT2D eigenvalue weighted by molar-refractivity contribution is 6.37. The lowest BCUT2D eigenvalue weighted by Crippen LogP contribution is -2.55. The number of anilines is 1. The molecule has 3 amide bonds. The van der Waals surface area contributed by atoms with Crippen LogP contribution in [0.15, 0.2) is 28.7 Å². The average Bonchev–Trinajstić information content (AvgIpc) is 3.61. The van der Waals surface area contributed by atoms with E-state index in [1.807, 2.05) is 24.3 Å². The zero-order valence-electron chi connectivity index (χ0n) is 23.1. The van der Waals surface area contributed by atoms with Crippen molar-refractivity contribution in [3.8, 4) is 0 Å².